The molecular formula is C14H20N2O2. The molecule has 0 spiro atoms. The van der Waals surface area contributed by atoms with Crippen molar-refractivity contribution in [1.29, 1.82) is 0 Å². The monoisotopic (exact) mass is 248 g/mol. The van der Waals surface area contributed by atoms with Gasteiger partial charge in [-0.1, -0.05) is 24.3 Å². The summed E-state index contributed by atoms with van der Waals surface area (Å²) in [4.78, 5) is 10.8. The van der Waals surface area contributed by atoms with Gasteiger partial charge in [-0.2, -0.15) is 0 Å². The predicted molar refractivity (Wildman–Crippen MR) is 70.9 cm³/mol. The van der Waals surface area contributed by atoms with Gasteiger partial charge in [-0.25, -0.2) is 4.79 Å². The SMILES string of the molecule is CC(C)(NC(=O)O)c1cccc(C2CCNC2)c1. The molecule has 1 atom stereocenters. The molecule has 1 aliphatic heterocycles. The van der Waals surface area contributed by atoms with Crippen molar-refractivity contribution in [2.75, 3.05) is 13.1 Å². The molecule has 0 bridgehead atoms. The number of carboxylic acid groups (broad SMARTS) is 1. The van der Waals surface area contributed by atoms with Crippen LogP contribution < -0.4 is 10.6 Å². The second-order valence-corrected chi connectivity index (χ2v) is 5.37. The van der Waals surface area contributed by atoms with Crippen LogP contribution in [0.25, 0.3) is 0 Å². The maximum absolute atomic E-state index is 10.8. The fourth-order valence-corrected chi connectivity index (χ4v) is 2.46. The second kappa shape index (κ2) is 4.98. The summed E-state index contributed by atoms with van der Waals surface area (Å²) in [6.07, 6.45) is 0.156. The minimum atomic E-state index is -0.993. The number of hydrogen-bond acceptors (Lipinski definition) is 2. The topological polar surface area (TPSA) is 61.4 Å². The molecule has 0 saturated carbocycles. The van der Waals surface area contributed by atoms with Crippen molar-refractivity contribution < 1.29 is 9.90 Å². The number of hydrogen-bond donors (Lipinski definition) is 3. The number of amides is 1. The maximum atomic E-state index is 10.8. The van der Waals surface area contributed by atoms with E-state index in [1.54, 1.807) is 0 Å². The highest BCUT2D eigenvalue weighted by molar-refractivity contribution is 5.66. The Labute approximate surface area is 107 Å². The van der Waals surface area contributed by atoms with E-state index in [0.717, 1.165) is 25.1 Å². The summed E-state index contributed by atoms with van der Waals surface area (Å²) in [5.41, 5.74) is 1.74. The van der Waals surface area contributed by atoms with Crippen molar-refractivity contribution in [3.63, 3.8) is 0 Å². The minimum Gasteiger partial charge on any atom is -0.465 e. The molecule has 4 nitrogen and oxygen atoms in total. The second-order valence-electron chi connectivity index (χ2n) is 5.37. The molecule has 2 rings (SSSR count). The van der Waals surface area contributed by atoms with Crippen LogP contribution in [0.2, 0.25) is 0 Å². The van der Waals surface area contributed by atoms with E-state index in [1.165, 1.54) is 5.56 Å². The van der Waals surface area contributed by atoms with Gasteiger partial charge < -0.3 is 15.7 Å². The van der Waals surface area contributed by atoms with E-state index >= 15 is 0 Å². The Hall–Kier alpha value is -1.55. The zero-order valence-corrected chi connectivity index (χ0v) is 10.9. The Morgan fingerprint density at radius 3 is 2.89 bits per heavy atom. The molecule has 1 amide bonds. The molecule has 0 aromatic heterocycles. The van der Waals surface area contributed by atoms with Crippen molar-refractivity contribution in [1.82, 2.24) is 10.6 Å². The minimum absolute atomic E-state index is 0.547. The fourth-order valence-electron chi connectivity index (χ4n) is 2.46. The van der Waals surface area contributed by atoms with E-state index in [4.69, 9.17) is 5.11 Å². The smallest absolute Gasteiger partial charge is 0.405 e. The molecule has 1 unspecified atom stereocenters. The first-order valence-corrected chi connectivity index (χ1v) is 6.31. The maximum Gasteiger partial charge on any atom is 0.405 e. The van der Waals surface area contributed by atoms with Gasteiger partial charge in [-0.15, -0.1) is 0 Å². The average molecular weight is 248 g/mol. The van der Waals surface area contributed by atoms with Crippen LogP contribution in [0.1, 0.15) is 37.3 Å². The summed E-state index contributed by atoms with van der Waals surface area (Å²) < 4.78 is 0. The van der Waals surface area contributed by atoms with Crippen molar-refractivity contribution in [2.45, 2.75) is 31.7 Å². The molecule has 3 N–H and O–H groups in total. The molecule has 1 heterocycles. The lowest BCUT2D eigenvalue weighted by atomic mass is 9.89. The summed E-state index contributed by atoms with van der Waals surface area (Å²) in [6.45, 7) is 5.84. The third kappa shape index (κ3) is 2.82. The Balaban J connectivity index is 2.23. The standard InChI is InChI=1S/C14H20N2O2/c1-14(2,16-13(17)18)12-5-3-4-10(8-12)11-6-7-15-9-11/h3-5,8,11,15-16H,6-7,9H2,1-2H3,(H,17,18). The van der Waals surface area contributed by atoms with Crippen LogP contribution in [0, 0.1) is 0 Å². The number of carbonyl (C=O) groups is 1. The van der Waals surface area contributed by atoms with Crippen LogP contribution >= 0.6 is 0 Å². The fraction of sp³-hybridized carbons (Fsp3) is 0.500. The Morgan fingerprint density at radius 2 is 2.28 bits per heavy atom. The molecule has 98 valence electrons. The summed E-state index contributed by atoms with van der Waals surface area (Å²) in [7, 11) is 0. The first kappa shape index (κ1) is 12.9. The summed E-state index contributed by atoms with van der Waals surface area (Å²) in [6, 6.07) is 8.22. The number of nitrogens with one attached hydrogen (secondary N) is 2. The lowest BCUT2D eigenvalue weighted by Gasteiger charge is -2.26. The largest absolute Gasteiger partial charge is 0.465 e. The van der Waals surface area contributed by atoms with Crippen molar-refractivity contribution in [3.8, 4) is 0 Å². The van der Waals surface area contributed by atoms with Gasteiger partial charge in [-0.05, 0) is 43.9 Å². The molecule has 1 aliphatic rings. The van der Waals surface area contributed by atoms with E-state index in [2.05, 4.69) is 22.8 Å². The van der Waals surface area contributed by atoms with Crippen molar-refractivity contribution in [2.24, 2.45) is 0 Å². The lowest BCUT2D eigenvalue weighted by Crippen LogP contribution is -2.40. The van der Waals surface area contributed by atoms with Crippen LogP contribution in [0.4, 0.5) is 4.79 Å². The first-order chi connectivity index (χ1) is 8.49. The summed E-state index contributed by atoms with van der Waals surface area (Å²) >= 11 is 0. The molecule has 0 radical (unpaired) electrons. The third-order valence-corrected chi connectivity index (χ3v) is 3.56. The van der Waals surface area contributed by atoms with Gasteiger partial charge in [0.15, 0.2) is 0 Å². The quantitative estimate of drug-likeness (QED) is 0.769. The van der Waals surface area contributed by atoms with Gasteiger partial charge in [0.1, 0.15) is 0 Å². The Morgan fingerprint density at radius 1 is 1.50 bits per heavy atom. The third-order valence-electron chi connectivity index (χ3n) is 3.56. The molecule has 1 saturated heterocycles. The van der Waals surface area contributed by atoms with E-state index in [-0.39, 0.29) is 0 Å². The zero-order chi connectivity index (χ0) is 13.2. The van der Waals surface area contributed by atoms with Crippen LogP contribution in [0.5, 0.6) is 0 Å². The van der Waals surface area contributed by atoms with Crippen LogP contribution in [0.3, 0.4) is 0 Å². The van der Waals surface area contributed by atoms with Crippen molar-refractivity contribution in [3.05, 3.63) is 35.4 Å². The first-order valence-electron chi connectivity index (χ1n) is 6.31. The van der Waals surface area contributed by atoms with E-state index in [1.807, 2.05) is 26.0 Å². The van der Waals surface area contributed by atoms with Crippen LogP contribution in [0.15, 0.2) is 24.3 Å². The van der Waals surface area contributed by atoms with E-state index in [9.17, 15) is 4.79 Å². The zero-order valence-electron chi connectivity index (χ0n) is 10.9. The molecular weight excluding hydrogens is 228 g/mol. The highest BCUT2D eigenvalue weighted by Gasteiger charge is 2.24. The van der Waals surface area contributed by atoms with Gasteiger partial charge in [0, 0.05) is 6.54 Å². The van der Waals surface area contributed by atoms with Crippen LogP contribution in [-0.2, 0) is 5.54 Å². The predicted octanol–water partition coefficient (Wildman–Crippen LogP) is 2.27. The normalized spacial score (nSPS) is 19.8. The number of benzene rings is 1. The highest BCUT2D eigenvalue weighted by Crippen LogP contribution is 2.27. The summed E-state index contributed by atoms with van der Waals surface area (Å²) in [5.74, 6) is 0.547. The van der Waals surface area contributed by atoms with Gasteiger partial charge in [0.05, 0.1) is 5.54 Å². The highest BCUT2D eigenvalue weighted by atomic mass is 16.4. The summed E-state index contributed by atoms with van der Waals surface area (Å²) in [5, 5.41) is 14.8. The molecule has 4 heteroatoms. The van der Waals surface area contributed by atoms with E-state index in [0.29, 0.717) is 5.92 Å². The van der Waals surface area contributed by atoms with Gasteiger partial charge in [0.2, 0.25) is 0 Å². The number of rotatable bonds is 3. The molecule has 0 aliphatic carbocycles. The molecule has 18 heavy (non-hydrogen) atoms. The Kier molecular flexibility index (Phi) is 3.57. The molecule has 1 aromatic carbocycles. The van der Waals surface area contributed by atoms with Gasteiger partial charge >= 0.3 is 6.09 Å². The van der Waals surface area contributed by atoms with E-state index < -0.39 is 11.6 Å². The van der Waals surface area contributed by atoms with Crippen LogP contribution in [-0.4, -0.2) is 24.3 Å². The van der Waals surface area contributed by atoms with Crippen molar-refractivity contribution >= 4 is 6.09 Å². The van der Waals surface area contributed by atoms with Gasteiger partial charge in [0.25, 0.3) is 0 Å². The lowest BCUT2D eigenvalue weighted by molar-refractivity contribution is 0.182. The average Bonchev–Trinajstić information content (AvgIpc) is 2.81. The molecule has 1 fully saturated rings. The Bertz CT molecular complexity index is 437. The molecule has 1 aromatic rings. The van der Waals surface area contributed by atoms with Gasteiger partial charge in [-0.3, -0.25) is 0 Å².